The van der Waals surface area contributed by atoms with Gasteiger partial charge in [0.15, 0.2) is 0 Å². The summed E-state index contributed by atoms with van der Waals surface area (Å²) in [6.07, 6.45) is 6.47. The summed E-state index contributed by atoms with van der Waals surface area (Å²) in [5.74, 6) is 4.33. The van der Waals surface area contributed by atoms with Gasteiger partial charge in [-0.05, 0) is 36.3 Å². The van der Waals surface area contributed by atoms with E-state index in [9.17, 15) is 5.11 Å². The van der Waals surface area contributed by atoms with E-state index in [0.717, 1.165) is 17.6 Å². The molecule has 0 aromatic carbocycles. The summed E-state index contributed by atoms with van der Waals surface area (Å²) in [5.41, 5.74) is 0. The molecule has 0 aromatic heterocycles. The first kappa shape index (κ1) is 14.4. The minimum Gasteiger partial charge on any atom is -0.392 e. The first-order valence-electron chi connectivity index (χ1n) is 6.89. The van der Waals surface area contributed by atoms with Crippen molar-refractivity contribution in [2.45, 2.75) is 59.0 Å². The van der Waals surface area contributed by atoms with Gasteiger partial charge in [-0.1, -0.05) is 40.0 Å². The maximum absolute atomic E-state index is 10.2. The fourth-order valence-corrected chi connectivity index (χ4v) is 3.73. The van der Waals surface area contributed by atoms with E-state index in [4.69, 9.17) is 0 Å². The molecule has 1 N–H and O–H groups in total. The van der Waals surface area contributed by atoms with Crippen LogP contribution in [0, 0.1) is 17.8 Å². The summed E-state index contributed by atoms with van der Waals surface area (Å²) in [4.78, 5) is 0. The van der Waals surface area contributed by atoms with Gasteiger partial charge in [0, 0.05) is 5.75 Å². The molecule has 1 fully saturated rings. The summed E-state index contributed by atoms with van der Waals surface area (Å²) in [6.45, 7) is 6.77. The predicted octanol–water partition coefficient (Wildman–Crippen LogP) is 3.95. The third-order valence-corrected chi connectivity index (χ3v) is 5.16. The third kappa shape index (κ3) is 5.09. The molecule has 0 aromatic rings. The summed E-state index contributed by atoms with van der Waals surface area (Å²) >= 11 is 1.92. The van der Waals surface area contributed by atoms with Gasteiger partial charge in [-0.2, -0.15) is 11.8 Å². The fraction of sp³-hybridized carbons (Fsp3) is 1.00. The molecular formula is C14H28OS. The fourth-order valence-electron chi connectivity index (χ4n) is 2.61. The maximum Gasteiger partial charge on any atom is 0.0658 e. The molecule has 0 bridgehead atoms. The monoisotopic (exact) mass is 244 g/mol. The summed E-state index contributed by atoms with van der Waals surface area (Å²) in [5, 5.41) is 10.2. The van der Waals surface area contributed by atoms with Crippen LogP contribution in [0.3, 0.4) is 0 Å². The van der Waals surface area contributed by atoms with E-state index in [0.29, 0.717) is 5.92 Å². The van der Waals surface area contributed by atoms with Gasteiger partial charge >= 0.3 is 0 Å². The highest BCUT2D eigenvalue weighted by Gasteiger charge is 2.26. The highest BCUT2D eigenvalue weighted by Crippen LogP contribution is 2.33. The Hall–Kier alpha value is 0.310. The van der Waals surface area contributed by atoms with E-state index < -0.39 is 0 Å². The Labute approximate surface area is 105 Å². The van der Waals surface area contributed by atoms with Crippen molar-refractivity contribution in [3.63, 3.8) is 0 Å². The smallest absolute Gasteiger partial charge is 0.0658 e. The maximum atomic E-state index is 10.2. The highest BCUT2D eigenvalue weighted by molar-refractivity contribution is 7.99. The minimum absolute atomic E-state index is 0.0573. The normalized spacial score (nSPS) is 28.3. The van der Waals surface area contributed by atoms with Crippen molar-refractivity contribution in [1.29, 1.82) is 0 Å². The van der Waals surface area contributed by atoms with Crippen LogP contribution in [-0.4, -0.2) is 22.7 Å². The van der Waals surface area contributed by atoms with E-state index in [2.05, 4.69) is 20.8 Å². The molecule has 3 unspecified atom stereocenters. The van der Waals surface area contributed by atoms with E-state index >= 15 is 0 Å². The van der Waals surface area contributed by atoms with Crippen molar-refractivity contribution in [2.24, 2.45) is 17.8 Å². The Kier molecular flexibility index (Phi) is 6.83. The van der Waals surface area contributed by atoms with Gasteiger partial charge in [0.2, 0.25) is 0 Å². The lowest BCUT2D eigenvalue weighted by atomic mass is 9.78. The molecule has 16 heavy (non-hydrogen) atoms. The van der Waals surface area contributed by atoms with E-state index in [1.165, 1.54) is 37.9 Å². The standard InChI is InChI=1S/C14H28OS/c1-4-12-6-5-7-13(8-12)14(15)10-16-9-11(2)3/h11-15H,4-10H2,1-3H3. The van der Waals surface area contributed by atoms with Crippen LogP contribution in [0.25, 0.3) is 0 Å². The first-order valence-corrected chi connectivity index (χ1v) is 8.04. The van der Waals surface area contributed by atoms with Crippen LogP contribution in [0.1, 0.15) is 52.9 Å². The second kappa shape index (κ2) is 7.60. The van der Waals surface area contributed by atoms with Gasteiger partial charge in [0.1, 0.15) is 0 Å². The van der Waals surface area contributed by atoms with Gasteiger partial charge < -0.3 is 5.11 Å². The second-order valence-corrected chi connectivity index (χ2v) is 6.77. The first-order chi connectivity index (χ1) is 7.63. The van der Waals surface area contributed by atoms with Crippen LogP contribution in [0.5, 0.6) is 0 Å². The van der Waals surface area contributed by atoms with Gasteiger partial charge in [-0.3, -0.25) is 0 Å². The average molecular weight is 244 g/mol. The van der Waals surface area contributed by atoms with E-state index in [1.807, 2.05) is 11.8 Å². The second-order valence-electron chi connectivity index (χ2n) is 5.70. The van der Waals surface area contributed by atoms with Crippen LogP contribution in [0.15, 0.2) is 0 Å². The Balaban J connectivity index is 2.21. The minimum atomic E-state index is -0.0573. The topological polar surface area (TPSA) is 20.2 Å². The molecule has 0 amide bonds. The van der Waals surface area contributed by atoms with Crippen molar-refractivity contribution < 1.29 is 5.11 Å². The van der Waals surface area contributed by atoms with Crippen molar-refractivity contribution in [1.82, 2.24) is 0 Å². The molecule has 0 heterocycles. The zero-order valence-electron chi connectivity index (χ0n) is 11.1. The SMILES string of the molecule is CCC1CCCC(C(O)CSCC(C)C)C1. The van der Waals surface area contributed by atoms with Crippen LogP contribution in [0.4, 0.5) is 0 Å². The van der Waals surface area contributed by atoms with E-state index in [1.54, 1.807) is 0 Å². The molecule has 1 nitrogen and oxygen atoms in total. The number of aliphatic hydroxyl groups excluding tert-OH is 1. The predicted molar refractivity (Wildman–Crippen MR) is 73.9 cm³/mol. The Morgan fingerprint density at radius 1 is 1.25 bits per heavy atom. The quantitative estimate of drug-likeness (QED) is 0.763. The molecule has 1 saturated carbocycles. The molecule has 1 aliphatic rings. The Morgan fingerprint density at radius 2 is 2.00 bits per heavy atom. The van der Waals surface area contributed by atoms with Crippen molar-refractivity contribution in [3.8, 4) is 0 Å². The molecule has 2 heteroatoms. The summed E-state index contributed by atoms with van der Waals surface area (Å²) < 4.78 is 0. The number of aliphatic hydroxyl groups is 1. The van der Waals surface area contributed by atoms with Crippen molar-refractivity contribution in [3.05, 3.63) is 0 Å². The van der Waals surface area contributed by atoms with Gasteiger partial charge in [0.25, 0.3) is 0 Å². The molecule has 1 rings (SSSR count). The average Bonchev–Trinajstić information content (AvgIpc) is 2.28. The molecule has 0 spiro atoms. The van der Waals surface area contributed by atoms with Crippen LogP contribution >= 0.6 is 11.8 Å². The molecule has 0 aliphatic heterocycles. The molecule has 0 radical (unpaired) electrons. The summed E-state index contributed by atoms with van der Waals surface area (Å²) in [7, 11) is 0. The van der Waals surface area contributed by atoms with Crippen LogP contribution in [-0.2, 0) is 0 Å². The molecular weight excluding hydrogens is 216 g/mol. The van der Waals surface area contributed by atoms with Gasteiger partial charge in [-0.25, -0.2) is 0 Å². The zero-order chi connectivity index (χ0) is 12.0. The van der Waals surface area contributed by atoms with Crippen LogP contribution in [0.2, 0.25) is 0 Å². The Morgan fingerprint density at radius 3 is 2.62 bits per heavy atom. The lowest BCUT2D eigenvalue weighted by Crippen LogP contribution is -2.28. The van der Waals surface area contributed by atoms with Crippen LogP contribution < -0.4 is 0 Å². The van der Waals surface area contributed by atoms with E-state index in [-0.39, 0.29) is 6.10 Å². The molecule has 96 valence electrons. The number of rotatable bonds is 6. The molecule has 3 atom stereocenters. The van der Waals surface area contributed by atoms with Gasteiger partial charge in [-0.15, -0.1) is 0 Å². The number of hydrogen-bond donors (Lipinski definition) is 1. The van der Waals surface area contributed by atoms with Crippen molar-refractivity contribution >= 4 is 11.8 Å². The highest BCUT2D eigenvalue weighted by atomic mass is 32.2. The lowest BCUT2D eigenvalue weighted by Gasteiger charge is -2.31. The number of thioether (sulfide) groups is 1. The summed E-state index contributed by atoms with van der Waals surface area (Å²) in [6, 6.07) is 0. The zero-order valence-corrected chi connectivity index (χ0v) is 11.9. The lowest BCUT2D eigenvalue weighted by molar-refractivity contribution is 0.0861. The van der Waals surface area contributed by atoms with Crippen molar-refractivity contribution in [2.75, 3.05) is 11.5 Å². The molecule has 0 saturated heterocycles. The molecule has 1 aliphatic carbocycles. The third-order valence-electron chi connectivity index (χ3n) is 3.68. The largest absolute Gasteiger partial charge is 0.392 e. The Bertz CT molecular complexity index is 182. The number of hydrogen-bond acceptors (Lipinski definition) is 2. The van der Waals surface area contributed by atoms with Gasteiger partial charge in [0.05, 0.1) is 6.10 Å².